The van der Waals surface area contributed by atoms with E-state index in [0.29, 0.717) is 17.1 Å². The number of nitrogens with one attached hydrogen (secondary N) is 2. The molecule has 2 aromatic carbocycles. The molecule has 9 heteroatoms. The summed E-state index contributed by atoms with van der Waals surface area (Å²) in [6.45, 7) is 3.33. The number of nitrogens with zero attached hydrogens (tertiary/aromatic N) is 2. The molecule has 0 spiro atoms. The molecule has 0 radical (unpaired) electrons. The number of hydrazine groups is 1. The van der Waals surface area contributed by atoms with Gasteiger partial charge >= 0.3 is 0 Å². The fourth-order valence-electron chi connectivity index (χ4n) is 2.74. The minimum atomic E-state index is -0.727. The summed E-state index contributed by atoms with van der Waals surface area (Å²) < 4.78 is 14.6. The molecule has 0 fully saturated rings. The van der Waals surface area contributed by atoms with E-state index >= 15 is 0 Å². The predicted octanol–water partition coefficient (Wildman–Crippen LogP) is 3.06. The van der Waals surface area contributed by atoms with Crippen molar-refractivity contribution in [1.29, 1.82) is 0 Å². The van der Waals surface area contributed by atoms with Crippen LogP contribution in [0.4, 0.5) is 4.39 Å². The van der Waals surface area contributed by atoms with Gasteiger partial charge in [0.25, 0.3) is 11.8 Å². The minimum absolute atomic E-state index is 0.0803. The molecular weight excluding hydrogens is 387 g/mol. The molecule has 144 valence electrons. The second-order valence-corrected chi connectivity index (χ2v) is 6.44. The molecule has 1 heterocycles. The average Bonchev–Trinajstić information content (AvgIpc) is 2.96. The first kappa shape index (κ1) is 19.4. The van der Waals surface area contributed by atoms with Crippen molar-refractivity contribution in [1.82, 2.24) is 20.6 Å². The van der Waals surface area contributed by atoms with Gasteiger partial charge in [-0.2, -0.15) is 5.10 Å². The summed E-state index contributed by atoms with van der Waals surface area (Å²) >= 11 is 5.82. The molecule has 0 atom stereocenters. The van der Waals surface area contributed by atoms with Crippen molar-refractivity contribution >= 4 is 23.4 Å². The lowest BCUT2D eigenvalue weighted by Gasteiger charge is -2.09. The lowest BCUT2D eigenvalue weighted by Crippen LogP contribution is -2.42. The Labute approximate surface area is 164 Å². The number of aryl methyl sites for hydroxylation is 1. The Morgan fingerprint density at radius 3 is 2.39 bits per heavy atom. The number of aromatic nitrogens is 2. The standard InChI is InChI=1S/C19H16ClFN4O3/c1-10-17(11(2)25(24-10)14-6-4-13(21)5-7-14)19(28)23-22-18(27)15-9-12(20)3-8-16(15)26/h3-9,26H,1-2H3,(H,22,27)(H,23,28). The Morgan fingerprint density at radius 2 is 1.71 bits per heavy atom. The summed E-state index contributed by atoms with van der Waals surface area (Å²) in [7, 11) is 0. The topological polar surface area (TPSA) is 96.3 Å². The second-order valence-electron chi connectivity index (χ2n) is 6.00. The van der Waals surface area contributed by atoms with Crippen molar-refractivity contribution in [2.75, 3.05) is 0 Å². The van der Waals surface area contributed by atoms with Crippen LogP contribution >= 0.6 is 11.6 Å². The van der Waals surface area contributed by atoms with Crippen LogP contribution in [-0.2, 0) is 0 Å². The maximum Gasteiger partial charge on any atom is 0.273 e. The number of hydrogen-bond donors (Lipinski definition) is 3. The number of phenols is 1. The summed E-state index contributed by atoms with van der Waals surface area (Å²) in [5, 5.41) is 14.3. The highest BCUT2D eigenvalue weighted by Gasteiger charge is 2.20. The molecule has 2 amide bonds. The van der Waals surface area contributed by atoms with Crippen LogP contribution in [0.15, 0.2) is 42.5 Å². The number of amides is 2. The molecule has 0 bridgehead atoms. The molecule has 3 aromatic rings. The van der Waals surface area contributed by atoms with Gasteiger partial charge in [-0.25, -0.2) is 9.07 Å². The first-order chi connectivity index (χ1) is 13.3. The van der Waals surface area contributed by atoms with Gasteiger partial charge in [0.15, 0.2) is 0 Å². The van der Waals surface area contributed by atoms with Gasteiger partial charge in [0.1, 0.15) is 11.6 Å². The summed E-state index contributed by atoms with van der Waals surface area (Å²) in [5.74, 6) is -1.96. The molecular formula is C19H16ClFN4O3. The SMILES string of the molecule is Cc1nn(-c2ccc(F)cc2)c(C)c1C(=O)NNC(=O)c1cc(Cl)ccc1O. The Bertz CT molecular complexity index is 1060. The molecule has 3 N–H and O–H groups in total. The molecule has 1 aromatic heterocycles. The first-order valence-corrected chi connectivity index (χ1v) is 8.57. The molecule has 0 saturated carbocycles. The van der Waals surface area contributed by atoms with Crippen LogP contribution in [0.2, 0.25) is 5.02 Å². The fraction of sp³-hybridized carbons (Fsp3) is 0.105. The third-order valence-corrected chi connectivity index (χ3v) is 4.32. The Kier molecular flexibility index (Phi) is 5.32. The average molecular weight is 403 g/mol. The van der Waals surface area contributed by atoms with Crippen molar-refractivity contribution in [2.45, 2.75) is 13.8 Å². The van der Waals surface area contributed by atoms with Crippen molar-refractivity contribution in [2.24, 2.45) is 0 Å². The molecule has 3 rings (SSSR count). The summed E-state index contributed by atoms with van der Waals surface area (Å²) in [6, 6.07) is 9.66. The number of carbonyl (C=O) groups is 2. The molecule has 28 heavy (non-hydrogen) atoms. The third-order valence-electron chi connectivity index (χ3n) is 4.08. The zero-order valence-corrected chi connectivity index (χ0v) is 15.7. The molecule has 0 aliphatic rings. The van der Waals surface area contributed by atoms with Gasteiger partial charge in [-0.3, -0.25) is 20.4 Å². The van der Waals surface area contributed by atoms with E-state index in [-0.39, 0.29) is 27.7 Å². The van der Waals surface area contributed by atoms with E-state index in [2.05, 4.69) is 16.0 Å². The summed E-state index contributed by atoms with van der Waals surface area (Å²) in [4.78, 5) is 24.7. The maximum absolute atomic E-state index is 13.1. The van der Waals surface area contributed by atoms with Crippen molar-refractivity contribution < 1.29 is 19.1 Å². The van der Waals surface area contributed by atoms with E-state index in [1.165, 1.54) is 35.0 Å². The number of aromatic hydroxyl groups is 1. The van der Waals surface area contributed by atoms with Gasteiger partial charge in [0, 0.05) is 5.02 Å². The van der Waals surface area contributed by atoms with Crippen LogP contribution in [0.3, 0.4) is 0 Å². The molecule has 0 saturated heterocycles. The van der Waals surface area contributed by atoms with Crippen LogP contribution in [0.25, 0.3) is 5.69 Å². The molecule has 0 aliphatic heterocycles. The number of carbonyl (C=O) groups excluding carboxylic acids is 2. The van der Waals surface area contributed by atoms with Crippen LogP contribution in [0.1, 0.15) is 32.1 Å². The van der Waals surface area contributed by atoms with Crippen molar-refractivity contribution in [3.05, 3.63) is 75.8 Å². The zero-order valence-electron chi connectivity index (χ0n) is 15.0. The van der Waals surface area contributed by atoms with E-state index in [1.54, 1.807) is 26.0 Å². The van der Waals surface area contributed by atoms with Crippen LogP contribution in [0.5, 0.6) is 5.75 Å². The van der Waals surface area contributed by atoms with Gasteiger partial charge in [-0.05, 0) is 56.3 Å². The zero-order chi connectivity index (χ0) is 20.4. The van der Waals surface area contributed by atoms with Gasteiger partial charge in [-0.1, -0.05) is 11.6 Å². The number of rotatable bonds is 3. The van der Waals surface area contributed by atoms with Crippen LogP contribution < -0.4 is 10.9 Å². The van der Waals surface area contributed by atoms with E-state index in [0.717, 1.165) is 0 Å². The highest BCUT2D eigenvalue weighted by molar-refractivity contribution is 6.31. The lowest BCUT2D eigenvalue weighted by molar-refractivity contribution is 0.0844. The van der Waals surface area contributed by atoms with Gasteiger partial charge < -0.3 is 5.11 Å². The quantitative estimate of drug-likeness (QED) is 0.586. The highest BCUT2D eigenvalue weighted by atomic mass is 35.5. The first-order valence-electron chi connectivity index (χ1n) is 8.19. The second kappa shape index (κ2) is 7.69. The van der Waals surface area contributed by atoms with Crippen molar-refractivity contribution in [3.8, 4) is 11.4 Å². The minimum Gasteiger partial charge on any atom is -0.507 e. The van der Waals surface area contributed by atoms with Gasteiger partial charge in [0.2, 0.25) is 0 Å². The van der Waals surface area contributed by atoms with Gasteiger partial charge in [-0.15, -0.1) is 0 Å². The Hall–Kier alpha value is -3.39. The molecule has 0 aliphatic carbocycles. The van der Waals surface area contributed by atoms with E-state index in [4.69, 9.17) is 11.6 Å². The number of halogens is 2. The Morgan fingerprint density at radius 1 is 1.07 bits per heavy atom. The maximum atomic E-state index is 13.1. The lowest BCUT2D eigenvalue weighted by atomic mass is 10.2. The number of hydrogen-bond acceptors (Lipinski definition) is 4. The monoisotopic (exact) mass is 402 g/mol. The molecule has 7 nitrogen and oxygen atoms in total. The van der Waals surface area contributed by atoms with Gasteiger partial charge in [0.05, 0.1) is 28.2 Å². The van der Waals surface area contributed by atoms with Crippen molar-refractivity contribution in [3.63, 3.8) is 0 Å². The number of phenolic OH excluding ortho intramolecular Hbond substituents is 1. The summed E-state index contributed by atoms with van der Waals surface area (Å²) in [6.07, 6.45) is 0. The predicted molar refractivity (Wildman–Crippen MR) is 101 cm³/mol. The van der Waals surface area contributed by atoms with Crippen LogP contribution in [0, 0.1) is 19.7 Å². The van der Waals surface area contributed by atoms with E-state index in [9.17, 15) is 19.1 Å². The van der Waals surface area contributed by atoms with Crippen LogP contribution in [-0.4, -0.2) is 26.7 Å². The smallest absolute Gasteiger partial charge is 0.273 e. The summed E-state index contributed by atoms with van der Waals surface area (Å²) in [5.41, 5.74) is 6.25. The van der Waals surface area contributed by atoms with E-state index < -0.39 is 11.8 Å². The highest BCUT2D eigenvalue weighted by Crippen LogP contribution is 2.21. The molecule has 0 unspecified atom stereocenters. The normalized spacial score (nSPS) is 10.6. The third kappa shape index (κ3) is 3.81. The Balaban J connectivity index is 1.79. The van der Waals surface area contributed by atoms with E-state index in [1.807, 2.05) is 0 Å². The largest absolute Gasteiger partial charge is 0.507 e. The fourth-order valence-corrected chi connectivity index (χ4v) is 2.91. The number of benzene rings is 2.